The Hall–Kier alpha value is -0.770. The fourth-order valence-electron chi connectivity index (χ4n) is 1.10. The van der Waals surface area contributed by atoms with Crippen molar-refractivity contribution in [2.75, 3.05) is 13.0 Å². The number of carbonyl (C=O) groups excluding carboxylic acids is 1. The predicted octanol–water partition coefficient (Wildman–Crippen LogP) is 1.32. The smallest absolute Gasteiger partial charge is 0.305 e. The third kappa shape index (κ3) is 3.22. The summed E-state index contributed by atoms with van der Waals surface area (Å²) in [5.74, 6) is 0.178. The fraction of sp³-hybridized carbons (Fsp3) is 0.750. The molecule has 1 unspecified atom stereocenters. The van der Waals surface area contributed by atoms with Crippen molar-refractivity contribution in [3.63, 3.8) is 0 Å². The lowest BCUT2D eigenvalue weighted by Crippen LogP contribution is -2.11. The molecule has 5 heteroatoms. The highest BCUT2D eigenvalue weighted by Crippen LogP contribution is 2.16. The van der Waals surface area contributed by atoms with Gasteiger partial charge in [-0.1, -0.05) is 5.16 Å². The summed E-state index contributed by atoms with van der Waals surface area (Å²) >= 11 is 5.56. The van der Waals surface area contributed by atoms with E-state index in [0.29, 0.717) is 18.7 Å². The van der Waals surface area contributed by atoms with Crippen LogP contribution in [-0.2, 0) is 14.4 Å². The van der Waals surface area contributed by atoms with Crippen LogP contribution in [0.15, 0.2) is 5.16 Å². The Morgan fingerprint density at radius 3 is 3.15 bits per heavy atom. The van der Waals surface area contributed by atoms with Gasteiger partial charge in [-0.15, -0.1) is 11.6 Å². The average molecular weight is 206 g/mol. The second-order valence-electron chi connectivity index (χ2n) is 2.84. The SMILES string of the molecule is COC(=O)CCC1CC(CCl)=NO1. The molecule has 0 saturated heterocycles. The Bertz CT molecular complexity index is 217. The van der Waals surface area contributed by atoms with Gasteiger partial charge in [-0.2, -0.15) is 0 Å². The fourth-order valence-corrected chi connectivity index (χ4v) is 1.26. The zero-order valence-electron chi connectivity index (χ0n) is 7.46. The highest BCUT2D eigenvalue weighted by molar-refractivity contribution is 6.28. The Labute approximate surface area is 81.8 Å². The molecule has 74 valence electrons. The maximum atomic E-state index is 10.8. The van der Waals surface area contributed by atoms with Gasteiger partial charge in [0.15, 0.2) is 0 Å². The van der Waals surface area contributed by atoms with E-state index in [9.17, 15) is 4.79 Å². The highest BCUT2D eigenvalue weighted by Gasteiger charge is 2.20. The quantitative estimate of drug-likeness (QED) is 0.514. The number of carbonyl (C=O) groups is 1. The summed E-state index contributed by atoms with van der Waals surface area (Å²) in [5, 5.41) is 3.77. The predicted molar refractivity (Wildman–Crippen MR) is 48.9 cm³/mol. The highest BCUT2D eigenvalue weighted by atomic mass is 35.5. The minimum Gasteiger partial charge on any atom is -0.469 e. The van der Waals surface area contributed by atoms with E-state index in [1.165, 1.54) is 7.11 Å². The molecule has 0 saturated carbocycles. The molecule has 0 spiro atoms. The van der Waals surface area contributed by atoms with Gasteiger partial charge in [0, 0.05) is 12.8 Å². The number of ether oxygens (including phenoxy) is 1. The number of halogens is 1. The van der Waals surface area contributed by atoms with E-state index >= 15 is 0 Å². The first kappa shape index (κ1) is 10.3. The van der Waals surface area contributed by atoms with Crippen molar-refractivity contribution in [2.45, 2.75) is 25.4 Å². The van der Waals surface area contributed by atoms with Gasteiger partial charge < -0.3 is 9.57 Å². The van der Waals surface area contributed by atoms with E-state index in [4.69, 9.17) is 16.4 Å². The van der Waals surface area contributed by atoms with Crippen LogP contribution in [0.1, 0.15) is 19.3 Å². The minimum absolute atomic E-state index is 0.00662. The summed E-state index contributed by atoms with van der Waals surface area (Å²) in [6.07, 6.45) is 1.72. The van der Waals surface area contributed by atoms with E-state index in [1.54, 1.807) is 0 Å². The van der Waals surface area contributed by atoms with Crippen molar-refractivity contribution in [1.29, 1.82) is 0 Å². The van der Waals surface area contributed by atoms with Gasteiger partial charge in [-0.3, -0.25) is 4.79 Å². The van der Waals surface area contributed by atoms with Crippen LogP contribution in [-0.4, -0.2) is 30.8 Å². The molecule has 0 aromatic rings. The van der Waals surface area contributed by atoms with Crippen LogP contribution in [0, 0.1) is 0 Å². The van der Waals surface area contributed by atoms with Crippen molar-refractivity contribution >= 4 is 23.3 Å². The average Bonchev–Trinajstić information content (AvgIpc) is 2.61. The Morgan fingerprint density at radius 1 is 1.85 bits per heavy atom. The molecule has 0 fully saturated rings. The summed E-state index contributed by atoms with van der Waals surface area (Å²) in [5.41, 5.74) is 0.844. The zero-order chi connectivity index (χ0) is 9.68. The molecule has 4 nitrogen and oxygen atoms in total. The Morgan fingerprint density at radius 2 is 2.62 bits per heavy atom. The second kappa shape index (κ2) is 5.07. The number of hydrogen-bond donors (Lipinski definition) is 0. The molecule has 0 aliphatic carbocycles. The van der Waals surface area contributed by atoms with Crippen molar-refractivity contribution in [3.05, 3.63) is 0 Å². The van der Waals surface area contributed by atoms with Crippen molar-refractivity contribution in [1.82, 2.24) is 0 Å². The molecule has 0 aromatic heterocycles. The Kier molecular flexibility index (Phi) is 4.02. The Balaban J connectivity index is 2.16. The van der Waals surface area contributed by atoms with E-state index in [1.807, 2.05) is 0 Å². The molecule has 0 radical (unpaired) electrons. The number of nitrogens with zero attached hydrogens (tertiary/aromatic N) is 1. The normalized spacial score (nSPS) is 20.8. The van der Waals surface area contributed by atoms with Gasteiger partial charge in [-0.05, 0) is 6.42 Å². The van der Waals surface area contributed by atoms with E-state index in [2.05, 4.69) is 9.89 Å². The van der Waals surface area contributed by atoms with Crippen LogP contribution in [0.4, 0.5) is 0 Å². The van der Waals surface area contributed by atoms with E-state index < -0.39 is 0 Å². The van der Waals surface area contributed by atoms with E-state index in [-0.39, 0.29) is 12.1 Å². The maximum Gasteiger partial charge on any atom is 0.305 e. The van der Waals surface area contributed by atoms with Gasteiger partial charge >= 0.3 is 5.97 Å². The largest absolute Gasteiger partial charge is 0.469 e. The molecule has 0 amide bonds. The lowest BCUT2D eigenvalue weighted by atomic mass is 10.1. The van der Waals surface area contributed by atoms with Crippen LogP contribution in [0.5, 0.6) is 0 Å². The number of hydrogen-bond acceptors (Lipinski definition) is 4. The number of methoxy groups -OCH3 is 1. The zero-order valence-corrected chi connectivity index (χ0v) is 8.21. The summed E-state index contributed by atoms with van der Waals surface area (Å²) in [6.45, 7) is 0. The number of esters is 1. The number of oxime groups is 1. The molecule has 1 heterocycles. The monoisotopic (exact) mass is 205 g/mol. The van der Waals surface area contributed by atoms with Crippen LogP contribution in [0.3, 0.4) is 0 Å². The molecule has 0 bridgehead atoms. The van der Waals surface area contributed by atoms with Crippen LogP contribution >= 0.6 is 11.6 Å². The first-order chi connectivity index (χ1) is 6.26. The third-order valence-electron chi connectivity index (χ3n) is 1.85. The van der Waals surface area contributed by atoms with E-state index in [0.717, 1.165) is 12.1 Å². The third-order valence-corrected chi connectivity index (χ3v) is 2.16. The molecule has 1 aliphatic rings. The molecule has 1 atom stereocenters. The maximum absolute atomic E-state index is 10.8. The molecular formula is C8H12ClNO3. The van der Waals surface area contributed by atoms with Crippen molar-refractivity contribution < 1.29 is 14.4 Å². The summed E-state index contributed by atoms with van der Waals surface area (Å²) in [4.78, 5) is 15.8. The number of rotatable bonds is 4. The van der Waals surface area contributed by atoms with Crippen LogP contribution in [0.2, 0.25) is 0 Å². The second-order valence-corrected chi connectivity index (χ2v) is 3.10. The van der Waals surface area contributed by atoms with Crippen LogP contribution in [0.25, 0.3) is 0 Å². The minimum atomic E-state index is -0.220. The first-order valence-corrected chi connectivity index (χ1v) is 4.64. The van der Waals surface area contributed by atoms with Gasteiger partial charge in [-0.25, -0.2) is 0 Å². The first-order valence-electron chi connectivity index (χ1n) is 4.10. The standard InChI is InChI=1S/C8H12ClNO3/c1-12-8(11)3-2-7-4-6(5-9)10-13-7/h7H,2-5H2,1H3. The summed E-state index contributed by atoms with van der Waals surface area (Å²) in [6, 6.07) is 0. The molecule has 0 N–H and O–H groups in total. The van der Waals surface area contributed by atoms with Gasteiger partial charge in [0.25, 0.3) is 0 Å². The molecule has 13 heavy (non-hydrogen) atoms. The van der Waals surface area contributed by atoms with Gasteiger partial charge in [0.2, 0.25) is 0 Å². The lowest BCUT2D eigenvalue weighted by molar-refractivity contribution is -0.141. The lowest BCUT2D eigenvalue weighted by Gasteiger charge is -2.05. The topological polar surface area (TPSA) is 47.9 Å². The summed E-state index contributed by atoms with van der Waals surface area (Å²) < 4.78 is 4.51. The molecule has 1 aliphatic heterocycles. The van der Waals surface area contributed by atoms with Crippen molar-refractivity contribution in [3.8, 4) is 0 Å². The van der Waals surface area contributed by atoms with Crippen LogP contribution < -0.4 is 0 Å². The summed E-state index contributed by atoms with van der Waals surface area (Å²) in [7, 11) is 1.37. The molecule has 0 aromatic carbocycles. The van der Waals surface area contributed by atoms with Crippen molar-refractivity contribution in [2.24, 2.45) is 5.16 Å². The van der Waals surface area contributed by atoms with Gasteiger partial charge in [0.1, 0.15) is 6.10 Å². The molecular weight excluding hydrogens is 194 g/mol. The molecule has 1 rings (SSSR count). The van der Waals surface area contributed by atoms with Gasteiger partial charge in [0.05, 0.1) is 18.7 Å². The number of alkyl halides is 1.